The van der Waals surface area contributed by atoms with E-state index in [0.717, 1.165) is 32.1 Å². The lowest BCUT2D eigenvalue weighted by molar-refractivity contribution is -0.143. The summed E-state index contributed by atoms with van der Waals surface area (Å²) in [7, 11) is 0. The third-order valence-corrected chi connectivity index (χ3v) is 4.05. The van der Waals surface area contributed by atoms with Crippen molar-refractivity contribution in [2.45, 2.75) is 70.6 Å². The van der Waals surface area contributed by atoms with Gasteiger partial charge in [-0.2, -0.15) is 26.3 Å². The first-order chi connectivity index (χ1) is 12.6. The van der Waals surface area contributed by atoms with Gasteiger partial charge in [0.2, 0.25) is 0 Å². The van der Waals surface area contributed by atoms with Crippen LogP contribution in [0.4, 0.5) is 26.3 Å². The zero-order valence-electron chi connectivity index (χ0n) is 15.2. The highest BCUT2D eigenvalue weighted by molar-refractivity contribution is 5.90. The van der Waals surface area contributed by atoms with Crippen LogP contribution in [0.3, 0.4) is 0 Å². The molecule has 0 amide bonds. The Morgan fingerprint density at radius 1 is 0.778 bits per heavy atom. The second-order valence-corrected chi connectivity index (χ2v) is 6.41. The summed E-state index contributed by atoms with van der Waals surface area (Å²) in [4.78, 5) is 11.9. The summed E-state index contributed by atoms with van der Waals surface area (Å²) < 4.78 is 81.5. The second kappa shape index (κ2) is 10.6. The standard InChI is InChI=1S/C19H24F6O2/c1-2-3-4-5-6-7-8-9-10-27-17(26)14-11-15(18(20,21)22)13-16(12-14)19(23,24)25/h11-13H,2-10H2,1H3. The highest BCUT2D eigenvalue weighted by Crippen LogP contribution is 2.36. The Morgan fingerprint density at radius 2 is 1.22 bits per heavy atom. The van der Waals surface area contributed by atoms with Crippen LogP contribution in [0.15, 0.2) is 18.2 Å². The van der Waals surface area contributed by atoms with Crippen LogP contribution in [-0.2, 0) is 17.1 Å². The van der Waals surface area contributed by atoms with E-state index in [1.54, 1.807) is 0 Å². The van der Waals surface area contributed by atoms with Gasteiger partial charge in [-0.15, -0.1) is 0 Å². The lowest BCUT2D eigenvalue weighted by Gasteiger charge is -2.14. The zero-order valence-corrected chi connectivity index (χ0v) is 15.2. The molecule has 2 nitrogen and oxygen atoms in total. The molecular weight excluding hydrogens is 374 g/mol. The van der Waals surface area contributed by atoms with Crippen LogP contribution in [0.5, 0.6) is 0 Å². The van der Waals surface area contributed by atoms with E-state index < -0.39 is 35.0 Å². The number of ether oxygens (including phenoxy) is 1. The molecule has 1 aromatic rings. The van der Waals surface area contributed by atoms with Crippen molar-refractivity contribution in [3.05, 3.63) is 34.9 Å². The number of halogens is 6. The number of esters is 1. The Kier molecular flexibility index (Phi) is 9.12. The third-order valence-electron chi connectivity index (χ3n) is 4.05. The van der Waals surface area contributed by atoms with Crippen LogP contribution < -0.4 is 0 Å². The maximum absolute atomic E-state index is 12.8. The van der Waals surface area contributed by atoms with Gasteiger partial charge in [0.25, 0.3) is 0 Å². The Balaban J connectivity index is 2.57. The largest absolute Gasteiger partial charge is 0.462 e. The molecule has 0 spiro atoms. The van der Waals surface area contributed by atoms with E-state index in [9.17, 15) is 31.1 Å². The number of hydrogen-bond acceptors (Lipinski definition) is 2. The predicted octanol–water partition coefficient (Wildman–Crippen LogP) is 7.02. The molecule has 0 radical (unpaired) electrons. The van der Waals surface area contributed by atoms with E-state index in [0.29, 0.717) is 18.6 Å². The van der Waals surface area contributed by atoms with Gasteiger partial charge in [-0.25, -0.2) is 4.79 Å². The fourth-order valence-electron chi connectivity index (χ4n) is 2.56. The van der Waals surface area contributed by atoms with Crippen molar-refractivity contribution >= 4 is 5.97 Å². The second-order valence-electron chi connectivity index (χ2n) is 6.41. The van der Waals surface area contributed by atoms with Crippen LogP contribution in [0.2, 0.25) is 0 Å². The van der Waals surface area contributed by atoms with Gasteiger partial charge in [0, 0.05) is 0 Å². The molecule has 0 aliphatic rings. The lowest BCUT2D eigenvalue weighted by atomic mass is 10.0. The van der Waals surface area contributed by atoms with Gasteiger partial charge in [-0.1, -0.05) is 51.9 Å². The SMILES string of the molecule is CCCCCCCCCCOC(=O)c1cc(C(F)(F)F)cc(C(F)(F)F)c1. The molecule has 0 atom stereocenters. The lowest BCUT2D eigenvalue weighted by Crippen LogP contribution is -2.15. The Hall–Kier alpha value is -1.73. The van der Waals surface area contributed by atoms with Gasteiger partial charge < -0.3 is 4.74 Å². The minimum absolute atomic E-state index is 0.0185. The van der Waals surface area contributed by atoms with Crippen LogP contribution in [0.1, 0.15) is 79.8 Å². The molecule has 0 fully saturated rings. The van der Waals surface area contributed by atoms with Gasteiger partial charge in [0.1, 0.15) is 0 Å². The predicted molar refractivity (Wildman–Crippen MR) is 89.3 cm³/mol. The molecule has 1 rings (SSSR count). The summed E-state index contributed by atoms with van der Waals surface area (Å²) in [6.07, 6.45) is -2.04. The van der Waals surface area contributed by atoms with E-state index in [-0.39, 0.29) is 12.7 Å². The first kappa shape index (κ1) is 23.3. The van der Waals surface area contributed by atoms with E-state index >= 15 is 0 Å². The quantitative estimate of drug-likeness (QED) is 0.240. The van der Waals surface area contributed by atoms with E-state index in [1.165, 1.54) is 12.8 Å². The fourth-order valence-corrected chi connectivity index (χ4v) is 2.56. The van der Waals surface area contributed by atoms with Gasteiger partial charge >= 0.3 is 18.3 Å². The van der Waals surface area contributed by atoms with Crippen molar-refractivity contribution in [3.63, 3.8) is 0 Å². The fraction of sp³-hybridized carbons (Fsp3) is 0.632. The average molecular weight is 398 g/mol. The molecule has 8 heteroatoms. The molecule has 27 heavy (non-hydrogen) atoms. The summed E-state index contributed by atoms with van der Waals surface area (Å²) in [5, 5.41) is 0. The van der Waals surface area contributed by atoms with Gasteiger partial charge in [0.15, 0.2) is 0 Å². The average Bonchev–Trinajstić information content (AvgIpc) is 2.58. The van der Waals surface area contributed by atoms with Crippen LogP contribution in [-0.4, -0.2) is 12.6 Å². The van der Waals surface area contributed by atoms with Crippen LogP contribution in [0, 0.1) is 0 Å². The van der Waals surface area contributed by atoms with Crippen molar-refractivity contribution < 1.29 is 35.9 Å². The molecule has 0 heterocycles. The maximum Gasteiger partial charge on any atom is 0.416 e. The topological polar surface area (TPSA) is 26.3 Å². The monoisotopic (exact) mass is 398 g/mol. The third kappa shape index (κ3) is 8.67. The smallest absolute Gasteiger partial charge is 0.416 e. The minimum Gasteiger partial charge on any atom is -0.462 e. The summed E-state index contributed by atoms with van der Waals surface area (Å²) in [6.45, 7) is 2.09. The molecule has 0 N–H and O–H groups in total. The zero-order chi connectivity index (χ0) is 20.5. The molecule has 0 aromatic heterocycles. The molecule has 0 saturated carbocycles. The van der Waals surface area contributed by atoms with Crippen LogP contribution in [0.25, 0.3) is 0 Å². The summed E-state index contributed by atoms with van der Waals surface area (Å²) in [5.41, 5.74) is -3.82. The normalized spacial score (nSPS) is 12.3. The first-order valence-electron chi connectivity index (χ1n) is 9.02. The van der Waals surface area contributed by atoms with Crippen molar-refractivity contribution in [1.29, 1.82) is 0 Å². The number of alkyl halides is 6. The molecule has 1 aromatic carbocycles. The number of unbranched alkanes of at least 4 members (excludes halogenated alkanes) is 7. The Morgan fingerprint density at radius 3 is 1.67 bits per heavy atom. The number of rotatable bonds is 10. The highest BCUT2D eigenvalue weighted by Gasteiger charge is 2.37. The number of benzene rings is 1. The van der Waals surface area contributed by atoms with E-state index in [2.05, 4.69) is 6.92 Å². The van der Waals surface area contributed by atoms with Crippen molar-refractivity contribution in [2.75, 3.05) is 6.61 Å². The Bertz CT molecular complexity index is 561. The van der Waals surface area contributed by atoms with Gasteiger partial charge in [-0.05, 0) is 24.6 Å². The van der Waals surface area contributed by atoms with Crippen molar-refractivity contribution in [1.82, 2.24) is 0 Å². The van der Waals surface area contributed by atoms with Crippen molar-refractivity contribution in [2.24, 2.45) is 0 Å². The van der Waals surface area contributed by atoms with Gasteiger partial charge in [-0.3, -0.25) is 0 Å². The van der Waals surface area contributed by atoms with Crippen molar-refractivity contribution in [3.8, 4) is 0 Å². The molecule has 0 unspecified atom stereocenters. The molecule has 0 aliphatic carbocycles. The highest BCUT2D eigenvalue weighted by atomic mass is 19.4. The van der Waals surface area contributed by atoms with E-state index in [1.807, 2.05) is 0 Å². The van der Waals surface area contributed by atoms with E-state index in [4.69, 9.17) is 4.74 Å². The minimum atomic E-state index is -4.99. The molecule has 0 saturated heterocycles. The molecule has 154 valence electrons. The number of carbonyl (C=O) groups excluding carboxylic acids is 1. The maximum atomic E-state index is 12.8. The molecule has 0 aliphatic heterocycles. The van der Waals surface area contributed by atoms with Crippen LogP contribution >= 0.6 is 0 Å². The number of carbonyl (C=O) groups is 1. The summed E-state index contributed by atoms with van der Waals surface area (Å²) in [5.74, 6) is -1.19. The molecule has 0 bridgehead atoms. The summed E-state index contributed by atoms with van der Waals surface area (Å²) >= 11 is 0. The van der Waals surface area contributed by atoms with Gasteiger partial charge in [0.05, 0.1) is 23.3 Å². The number of hydrogen-bond donors (Lipinski definition) is 0. The molecular formula is C19H24F6O2. The first-order valence-corrected chi connectivity index (χ1v) is 9.02. The summed E-state index contributed by atoms with van der Waals surface area (Å²) in [6, 6.07) is 0.742. The Labute approximate surface area is 154 Å².